The highest BCUT2D eigenvalue weighted by Gasteiger charge is 2.34. The zero-order valence-electron chi connectivity index (χ0n) is 14.5. The summed E-state index contributed by atoms with van der Waals surface area (Å²) < 4.78 is 13.5. The Hall–Kier alpha value is -2.48. The highest BCUT2D eigenvalue weighted by Crippen LogP contribution is 2.24. The van der Waals surface area contributed by atoms with Crippen LogP contribution in [0.4, 0.5) is 9.18 Å². The van der Waals surface area contributed by atoms with Gasteiger partial charge in [-0.05, 0) is 24.1 Å². The second-order valence-electron chi connectivity index (χ2n) is 6.01. The van der Waals surface area contributed by atoms with E-state index in [-0.39, 0.29) is 11.9 Å². The number of hydrogen-bond acceptors (Lipinski definition) is 4. The van der Waals surface area contributed by atoms with Crippen molar-refractivity contribution in [2.75, 3.05) is 19.6 Å². The molecule has 1 aliphatic heterocycles. The summed E-state index contributed by atoms with van der Waals surface area (Å²) in [6.45, 7) is 3.23. The van der Waals surface area contributed by atoms with Gasteiger partial charge >= 0.3 is 6.03 Å². The molecule has 138 valence electrons. The molecule has 1 fully saturated rings. The van der Waals surface area contributed by atoms with E-state index in [0.29, 0.717) is 31.6 Å². The largest absolute Gasteiger partial charge is 0.352 e. The second kappa shape index (κ2) is 8.27. The van der Waals surface area contributed by atoms with E-state index in [9.17, 15) is 14.0 Å². The number of nitrogens with one attached hydrogen (secondary N) is 2. The third kappa shape index (κ3) is 4.19. The van der Waals surface area contributed by atoms with Crippen molar-refractivity contribution in [3.8, 4) is 0 Å². The van der Waals surface area contributed by atoms with Gasteiger partial charge in [-0.1, -0.05) is 19.1 Å². The molecule has 3 rings (SSSR count). The van der Waals surface area contributed by atoms with Gasteiger partial charge in [0.1, 0.15) is 11.9 Å². The van der Waals surface area contributed by atoms with E-state index in [1.165, 1.54) is 23.1 Å². The van der Waals surface area contributed by atoms with Crippen LogP contribution in [0.1, 0.15) is 29.2 Å². The van der Waals surface area contributed by atoms with Crippen molar-refractivity contribution in [1.82, 2.24) is 20.5 Å². The fourth-order valence-corrected chi connectivity index (χ4v) is 3.70. The van der Waals surface area contributed by atoms with E-state index in [4.69, 9.17) is 0 Å². The van der Waals surface area contributed by atoms with Gasteiger partial charge in [-0.15, -0.1) is 11.3 Å². The highest BCUT2D eigenvalue weighted by atomic mass is 32.1. The number of amides is 3. The van der Waals surface area contributed by atoms with E-state index in [1.54, 1.807) is 17.4 Å². The molecular formula is C18H21FN4O2S. The number of aryl methyl sites for hydroxylation is 1. The molecule has 0 saturated carbocycles. The minimum Gasteiger partial charge on any atom is -0.352 e. The lowest BCUT2D eigenvalue weighted by atomic mass is 10.0. The van der Waals surface area contributed by atoms with E-state index in [1.807, 2.05) is 5.38 Å². The molecule has 2 heterocycles. The summed E-state index contributed by atoms with van der Waals surface area (Å²) in [4.78, 5) is 30.8. The Kier molecular flexibility index (Phi) is 5.82. The molecule has 0 aliphatic carbocycles. The second-order valence-corrected chi connectivity index (χ2v) is 6.95. The lowest BCUT2D eigenvalue weighted by molar-refractivity contribution is -0.127. The van der Waals surface area contributed by atoms with Crippen LogP contribution in [0, 0.1) is 5.82 Å². The molecule has 0 unspecified atom stereocenters. The maximum Gasteiger partial charge on any atom is 0.318 e. The van der Waals surface area contributed by atoms with Crippen LogP contribution < -0.4 is 10.6 Å². The van der Waals surface area contributed by atoms with Gasteiger partial charge in [0.15, 0.2) is 0 Å². The van der Waals surface area contributed by atoms with Crippen LogP contribution in [0.15, 0.2) is 29.6 Å². The number of carbonyl (C=O) groups is 2. The summed E-state index contributed by atoms with van der Waals surface area (Å²) in [5, 5.41) is 8.64. The van der Waals surface area contributed by atoms with Gasteiger partial charge in [-0.2, -0.15) is 0 Å². The average Bonchev–Trinajstić information content (AvgIpc) is 3.09. The lowest BCUT2D eigenvalue weighted by Crippen LogP contribution is -2.55. The first-order chi connectivity index (χ1) is 12.6. The molecule has 2 aromatic rings. The number of thiazole rings is 1. The van der Waals surface area contributed by atoms with Crippen LogP contribution in [0.5, 0.6) is 0 Å². The predicted molar refractivity (Wildman–Crippen MR) is 97.5 cm³/mol. The fraction of sp³-hybridized carbons (Fsp3) is 0.389. The first kappa shape index (κ1) is 18.3. The minimum atomic E-state index is -0.828. The van der Waals surface area contributed by atoms with Gasteiger partial charge < -0.3 is 15.5 Å². The average molecular weight is 376 g/mol. The van der Waals surface area contributed by atoms with Crippen molar-refractivity contribution < 1.29 is 14.0 Å². The van der Waals surface area contributed by atoms with E-state index >= 15 is 0 Å². The summed E-state index contributed by atoms with van der Waals surface area (Å²) in [5.41, 5.74) is 1.41. The molecule has 6 nitrogen and oxygen atoms in total. The van der Waals surface area contributed by atoms with Crippen molar-refractivity contribution in [1.29, 1.82) is 0 Å². The minimum absolute atomic E-state index is 0.302. The van der Waals surface area contributed by atoms with E-state index in [2.05, 4.69) is 22.5 Å². The number of piperazine rings is 1. The summed E-state index contributed by atoms with van der Waals surface area (Å²) in [6, 6.07) is 4.63. The Morgan fingerprint density at radius 3 is 3.08 bits per heavy atom. The number of carbonyl (C=O) groups excluding carboxylic acids is 2. The monoisotopic (exact) mass is 376 g/mol. The maximum absolute atomic E-state index is 13.5. The summed E-state index contributed by atoms with van der Waals surface area (Å²) in [7, 11) is 0. The van der Waals surface area contributed by atoms with E-state index < -0.39 is 11.9 Å². The van der Waals surface area contributed by atoms with E-state index in [0.717, 1.165) is 17.1 Å². The molecule has 1 aliphatic rings. The summed E-state index contributed by atoms with van der Waals surface area (Å²) in [6.07, 6.45) is 1.53. The van der Waals surface area contributed by atoms with Gasteiger partial charge in [-0.25, -0.2) is 14.2 Å². The van der Waals surface area contributed by atoms with Crippen LogP contribution in [0.25, 0.3) is 0 Å². The molecule has 0 spiro atoms. The number of rotatable bonds is 5. The summed E-state index contributed by atoms with van der Waals surface area (Å²) >= 11 is 1.61. The molecule has 1 aromatic carbocycles. The third-order valence-electron chi connectivity index (χ3n) is 4.20. The van der Waals surface area contributed by atoms with Gasteiger partial charge in [0.05, 0.1) is 10.7 Å². The number of aromatic nitrogens is 1. The molecule has 1 saturated heterocycles. The topological polar surface area (TPSA) is 74.3 Å². The molecule has 8 heteroatoms. The van der Waals surface area contributed by atoms with Crippen molar-refractivity contribution in [2.24, 2.45) is 0 Å². The molecule has 0 radical (unpaired) electrons. The van der Waals surface area contributed by atoms with Crippen LogP contribution in [0.2, 0.25) is 0 Å². The highest BCUT2D eigenvalue weighted by molar-refractivity contribution is 7.09. The maximum atomic E-state index is 13.5. The lowest BCUT2D eigenvalue weighted by Gasteiger charge is -2.35. The number of benzene rings is 1. The van der Waals surface area contributed by atoms with Crippen LogP contribution in [-0.2, 0) is 17.6 Å². The molecule has 2 N–H and O–H groups in total. The smallest absolute Gasteiger partial charge is 0.318 e. The number of nitrogens with zero attached hydrogens (tertiary/aromatic N) is 2. The zero-order chi connectivity index (χ0) is 18.5. The number of hydrogen-bond donors (Lipinski definition) is 2. The Balaban J connectivity index is 1.64. The van der Waals surface area contributed by atoms with Crippen molar-refractivity contribution in [2.45, 2.75) is 25.8 Å². The van der Waals surface area contributed by atoms with Gasteiger partial charge in [0, 0.05) is 31.4 Å². The standard InChI is InChI=1S/C18H21FN4O2S/c1-2-15-22-14(11-26-15)6-7-21-18(25)23-9-8-20-17(24)16(23)12-4-3-5-13(19)10-12/h3-5,10-11,16H,2,6-9H2,1H3,(H,20,24)(H,21,25)/t16-/m0/s1. The van der Waals surface area contributed by atoms with Gasteiger partial charge in [-0.3, -0.25) is 4.79 Å². The van der Waals surface area contributed by atoms with Gasteiger partial charge in [0.25, 0.3) is 0 Å². The Morgan fingerprint density at radius 2 is 2.35 bits per heavy atom. The molecule has 3 amide bonds. The van der Waals surface area contributed by atoms with Crippen LogP contribution in [-0.4, -0.2) is 41.5 Å². The van der Waals surface area contributed by atoms with Crippen LogP contribution >= 0.6 is 11.3 Å². The molecular weight excluding hydrogens is 355 g/mol. The normalized spacial score (nSPS) is 17.1. The quantitative estimate of drug-likeness (QED) is 0.841. The fourth-order valence-electron chi connectivity index (χ4n) is 2.92. The number of urea groups is 1. The molecule has 0 bridgehead atoms. The zero-order valence-corrected chi connectivity index (χ0v) is 15.3. The SMILES string of the molecule is CCc1nc(CCNC(=O)N2CCNC(=O)[C@@H]2c2cccc(F)c2)cs1. The van der Waals surface area contributed by atoms with Crippen molar-refractivity contribution in [3.05, 3.63) is 51.7 Å². The van der Waals surface area contributed by atoms with Crippen molar-refractivity contribution in [3.63, 3.8) is 0 Å². The van der Waals surface area contributed by atoms with Gasteiger partial charge in [0.2, 0.25) is 5.91 Å². The first-order valence-electron chi connectivity index (χ1n) is 8.59. The Bertz CT molecular complexity index is 795. The van der Waals surface area contributed by atoms with Crippen molar-refractivity contribution >= 4 is 23.3 Å². The summed E-state index contributed by atoms with van der Waals surface area (Å²) in [5.74, 6) is -0.736. The Labute approximate surface area is 155 Å². The van der Waals surface area contributed by atoms with Crippen LogP contribution in [0.3, 0.4) is 0 Å². The first-order valence-corrected chi connectivity index (χ1v) is 9.47. The third-order valence-corrected chi connectivity index (χ3v) is 5.24. The molecule has 1 atom stereocenters. The molecule has 1 aromatic heterocycles. The Morgan fingerprint density at radius 1 is 1.50 bits per heavy atom. The number of halogens is 1. The predicted octanol–water partition coefficient (Wildman–Crippen LogP) is 2.27. The molecule has 26 heavy (non-hydrogen) atoms.